The van der Waals surface area contributed by atoms with Gasteiger partial charge in [-0.1, -0.05) is 65.2 Å². The van der Waals surface area contributed by atoms with Crippen molar-refractivity contribution in [3.8, 4) is 0 Å². The molecule has 1 rings (SSSR count). The lowest BCUT2D eigenvalue weighted by Crippen LogP contribution is -2.25. The van der Waals surface area contributed by atoms with Gasteiger partial charge in [-0.15, -0.1) is 0 Å². The molecule has 0 aromatic heterocycles. The fourth-order valence-corrected chi connectivity index (χ4v) is 2.76. The van der Waals surface area contributed by atoms with Gasteiger partial charge in [-0.3, -0.25) is 9.59 Å². The Labute approximate surface area is 105 Å². The summed E-state index contributed by atoms with van der Waals surface area (Å²) in [6.45, 7) is 3.76. The van der Waals surface area contributed by atoms with Crippen molar-refractivity contribution in [2.75, 3.05) is 0 Å². The van der Waals surface area contributed by atoms with E-state index in [1.807, 2.05) is 13.8 Å². The molecule has 0 aromatic carbocycles. The van der Waals surface area contributed by atoms with E-state index >= 15 is 0 Å². The molecule has 0 unspecified atom stereocenters. The van der Waals surface area contributed by atoms with Gasteiger partial charge in [0.1, 0.15) is 0 Å². The van der Waals surface area contributed by atoms with Gasteiger partial charge in [-0.05, 0) is 12.3 Å². The molecule has 0 spiro atoms. The van der Waals surface area contributed by atoms with Crippen LogP contribution in [0.25, 0.3) is 0 Å². The Bertz CT molecular complexity index is 250. The number of aldehydes is 1. The van der Waals surface area contributed by atoms with Crippen molar-refractivity contribution in [2.24, 2.45) is 11.3 Å². The largest absolute Gasteiger partial charge is 0.295 e. The summed E-state index contributed by atoms with van der Waals surface area (Å²) in [5.74, 6) is 0.670. The number of carbonyl (C=O) groups is 2. The predicted octanol–water partition coefficient (Wildman–Crippen LogP) is 3.92. The average Bonchev–Trinajstić information content (AvgIpc) is 2.35. The number of rotatable bonds is 7. The molecule has 0 bridgehead atoms. The minimum absolute atomic E-state index is 0.254. The molecule has 1 aliphatic rings. The van der Waals surface area contributed by atoms with Gasteiger partial charge in [0, 0.05) is 5.41 Å². The van der Waals surface area contributed by atoms with Crippen LogP contribution in [0.1, 0.15) is 71.6 Å². The highest BCUT2D eigenvalue weighted by Crippen LogP contribution is 2.30. The van der Waals surface area contributed by atoms with E-state index in [1.165, 1.54) is 44.9 Å². The van der Waals surface area contributed by atoms with Crippen molar-refractivity contribution in [1.82, 2.24) is 0 Å². The van der Waals surface area contributed by atoms with E-state index in [0.717, 1.165) is 18.8 Å². The summed E-state index contributed by atoms with van der Waals surface area (Å²) in [7, 11) is 0. The summed E-state index contributed by atoms with van der Waals surface area (Å²) < 4.78 is 0. The molecule has 1 saturated carbocycles. The van der Waals surface area contributed by atoms with Crippen molar-refractivity contribution < 1.29 is 9.59 Å². The zero-order chi connectivity index (χ0) is 12.7. The standard InChI is InChI=1S/C15H26O2/c1-15(2,14(17)12-16)11-7-6-10-13-8-4-3-5-9-13/h12-13H,3-11H2,1-2H3. The maximum absolute atomic E-state index is 11.4. The molecular weight excluding hydrogens is 212 g/mol. The van der Waals surface area contributed by atoms with Crippen LogP contribution in [0, 0.1) is 11.3 Å². The fourth-order valence-electron chi connectivity index (χ4n) is 2.76. The van der Waals surface area contributed by atoms with Crippen LogP contribution >= 0.6 is 0 Å². The first-order chi connectivity index (χ1) is 8.06. The Balaban J connectivity index is 2.14. The molecule has 0 saturated heterocycles. The molecule has 0 amide bonds. The number of carbonyl (C=O) groups excluding carboxylic acids is 2. The van der Waals surface area contributed by atoms with Crippen LogP contribution in [0.4, 0.5) is 0 Å². The lowest BCUT2D eigenvalue weighted by molar-refractivity contribution is -0.135. The average molecular weight is 238 g/mol. The van der Waals surface area contributed by atoms with Crippen molar-refractivity contribution in [1.29, 1.82) is 0 Å². The van der Waals surface area contributed by atoms with Gasteiger partial charge in [0.25, 0.3) is 0 Å². The van der Waals surface area contributed by atoms with Gasteiger partial charge in [-0.25, -0.2) is 0 Å². The molecular formula is C15H26O2. The lowest BCUT2D eigenvalue weighted by atomic mass is 9.81. The monoisotopic (exact) mass is 238 g/mol. The summed E-state index contributed by atoms with van der Waals surface area (Å²) >= 11 is 0. The predicted molar refractivity (Wildman–Crippen MR) is 69.9 cm³/mol. The number of Topliss-reactive ketones (excluding diaryl/α,β-unsaturated/α-hetero) is 1. The van der Waals surface area contributed by atoms with Crippen molar-refractivity contribution in [2.45, 2.75) is 71.6 Å². The Hall–Kier alpha value is -0.660. The van der Waals surface area contributed by atoms with Crippen LogP contribution in [0.3, 0.4) is 0 Å². The summed E-state index contributed by atoms with van der Waals surface area (Å²) in [5, 5.41) is 0. The molecule has 1 fully saturated rings. The zero-order valence-corrected chi connectivity index (χ0v) is 11.3. The van der Waals surface area contributed by atoms with E-state index in [-0.39, 0.29) is 5.78 Å². The molecule has 0 N–H and O–H groups in total. The second kappa shape index (κ2) is 6.93. The first kappa shape index (κ1) is 14.4. The fraction of sp³-hybridized carbons (Fsp3) is 0.867. The zero-order valence-electron chi connectivity index (χ0n) is 11.3. The van der Waals surface area contributed by atoms with Gasteiger partial charge in [0.05, 0.1) is 0 Å². The normalized spacial score (nSPS) is 18.0. The number of unbranched alkanes of at least 4 members (excludes halogenated alkanes) is 1. The molecule has 2 nitrogen and oxygen atoms in total. The van der Waals surface area contributed by atoms with E-state index in [2.05, 4.69) is 0 Å². The topological polar surface area (TPSA) is 34.1 Å². The van der Waals surface area contributed by atoms with E-state index in [4.69, 9.17) is 0 Å². The van der Waals surface area contributed by atoms with Crippen LogP contribution in [-0.2, 0) is 9.59 Å². The molecule has 2 heteroatoms. The molecule has 0 atom stereocenters. The van der Waals surface area contributed by atoms with Gasteiger partial charge in [0.2, 0.25) is 5.78 Å². The first-order valence-electron chi connectivity index (χ1n) is 7.06. The quantitative estimate of drug-likeness (QED) is 0.383. The van der Waals surface area contributed by atoms with Gasteiger partial charge in [0.15, 0.2) is 6.29 Å². The minimum atomic E-state index is -0.450. The molecule has 0 aromatic rings. The van der Waals surface area contributed by atoms with E-state index in [9.17, 15) is 9.59 Å². The third-order valence-corrected chi connectivity index (χ3v) is 4.16. The van der Waals surface area contributed by atoms with Crippen LogP contribution in [0.5, 0.6) is 0 Å². The minimum Gasteiger partial charge on any atom is -0.295 e. The summed E-state index contributed by atoms with van der Waals surface area (Å²) in [6.07, 6.45) is 11.9. The summed E-state index contributed by atoms with van der Waals surface area (Å²) in [4.78, 5) is 21.8. The van der Waals surface area contributed by atoms with Crippen LogP contribution in [0.15, 0.2) is 0 Å². The third kappa shape index (κ3) is 5.01. The number of ketones is 1. The highest BCUT2D eigenvalue weighted by atomic mass is 16.2. The maximum atomic E-state index is 11.4. The van der Waals surface area contributed by atoms with Crippen molar-refractivity contribution in [3.63, 3.8) is 0 Å². The second-order valence-electron chi connectivity index (χ2n) is 6.12. The summed E-state index contributed by atoms with van der Waals surface area (Å²) in [6, 6.07) is 0. The number of hydrogen-bond donors (Lipinski definition) is 0. The highest BCUT2D eigenvalue weighted by molar-refractivity contribution is 6.27. The van der Waals surface area contributed by atoms with Crippen molar-refractivity contribution >= 4 is 12.1 Å². The maximum Gasteiger partial charge on any atom is 0.200 e. The van der Waals surface area contributed by atoms with Crippen LogP contribution < -0.4 is 0 Å². The van der Waals surface area contributed by atoms with E-state index < -0.39 is 5.41 Å². The molecule has 1 aliphatic carbocycles. The SMILES string of the molecule is CC(C)(CCCCC1CCCCC1)C(=O)C=O. The molecule has 0 aliphatic heterocycles. The molecule has 17 heavy (non-hydrogen) atoms. The van der Waals surface area contributed by atoms with Crippen LogP contribution in [-0.4, -0.2) is 12.1 Å². The van der Waals surface area contributed by atoms with Gasteiger partial charge < -0.3 is 0 Å². The third-order valence-electron chi connectivity index (χ3n) is 4.16. The Kier molecular flexibility index (Phi) is 5.87. The second-order valence-corrected chi connectivity index (χ2v) is 6.12. The van der Waals surface area contributed by atoms with Gasteiger partial charge >= 0.3 is 0 Å². The molecule has 0 heterocycles. The first-order valence-corrected chi connectivity index (χ1v) is 7.06. The molecule has 98 valence electrons. The van der Waals surface area contributed by atoms with Gasteiger partial charge in [-0.2, -0.15) is 0 Å². The Morgan fingerprint density at radius 1 is 1.18 bits per heavy atom. The Morgan fingerprint density at radius 3 is 2.41 bits per heavy atom. The summed E-state index contributed by atoms with van der Waals surface area (Å²) in [5.41, 5.74) is -0.450. The van der Waals surface area contributed by atoms with Crippen LogP contribution in [0.2, 0.25) is 0 Å². The van der Waals surface area contributed by atoms with E-state index in [0.29, 0.717) is 6.29 Å². The lowest BCUT2D eigenvalue weighted by Gasteiger charge is -2.23. The number of hydrogen-bond acceptors (Lipinski definition) is 2. The van der Waals surface area contributed by atoms with Crippen molar-refractivity contribution in [3.05, 3.63) is 0 Å². The Morgan fingerprint density at radius 2 is 1.82 bits per heavy atom. The molecule has 0 radical (unpaired) electrons. The van der Waals surface area contributed by atoms with E-state index in [1.54, 1.807) is 0 Å². The highest BCUT2D eigenvalue weighted by Gasteiger charge is 2.26. The smallest absolute Gasteiger partial charge is 0.200 e.